The molecule has 0 amide bonds. The highest BCUT2D eigenvalue weighted by atomic mass is 32.1. The highest BCUT2D eigenvalue weighted by Crippen LogP contribution is 2.31. The maximum atomic E-state index is 13.1. The summed E-state index contributed by atoms with van der Waals surface area (Å²) in [6.45, 7) is 12.6. The van der Waals surface area contributed by atoms with Crippen LogP contribution in [0.5, 0.6) is 0 Å². The van der Waals surface area contributed by atoms with Crippen LogP contribution in [0.15, 0.2) is 34.8 Å². The summed E-state index contributed by atoms with van der Waals surface area (Å²) < 4.78 is 5.79. The molecule has 0 radical (unpaired) electrons. The number of aryl methyl sites for hydroxylation is 1. The first-order valence-corrected chi connectivity index (χ1v) is 12.7. The summed E-state index contributed by atoms with van der Waals surface area (Å²) in [7, 11) is 0. The molecule has 188 valence electrons. The van der Waals surface area contributed by atoms with Crippen molar-refractivity contribution >= 4 is 29.2 Å². The van der Waals surface area contributed by atoms with E-state index in [1.54, 1.807) is 32.1 Å². The molecule has 0 saturated carbocycles. The predicted molar refractivity (Wildman–Crippen MR) is 136 cm³/mol. The Kier molecular flexibility index (Phi) is 9.97. The molecule has 1 aromatic heterocycles. The number of esters is 1. The smallest absolute Gasteiger partial charge is 0.309 e. The average Bonchev–Trinajstić information content (AvgIpc) is 3.18. The van der Waals surface area contributed by atoms with Crippen LogP contribution in [0, 0.1) is 24.2 Å². The van der Waals surface area contributed by atoms with E-state index in [2.05, 4.69) is 4.98 Å². The lowest BCUT2D eigenvalue weighted by molar-refractivity contribution is -0.154. The van der Waals surface area contributed by atoms with Crippen molar-refractivity contribution in [2.24, 2.45) is 17.3 Å². The van der Waals surface area contributed by atoms with Gasteiger partial charge < -0.3 is 14.9 Å². The molecule has 34 heavy (non-hydrogen) atoms. The van der Waals surface area contributed by atoms with Gasteiger partial charge in [-0.05, 0) is 38.8 Å². The van der Waals surface area contributed by atoms with E-state index >= 15 is 0 Å². The van der Waals surface area contributed by atoms with Gasteiger partial charge in [0.2, 0.25) is 0 Å². The monoisotopic (exact) mass is 489 g/mol. The van der Waals surface area contributed by atoms with Crippen LogP contribution in [0.1, 0.15) is 71.5 Å². The number of cyclic esters (lactones) is 1. The van der Waals surface area contributed by atoms with Gasteiger partial charge in [-0.15, -0.1) is 11.3 Å². The van der Waals surface area contributed by atoms with E-state index in [4.69, 9.17) is 4.74 Å². The third-order valence-electron chi connectivity index (χ3n) is 6.65. The fraction of sp³-hybridized carbons (Fsp3) is 0.593. The van der Waals surface area contributed by atoms with Gasteiger partial charge in [-0.3, -0.25) is 9.59 Å². The molecular weight excluding hydrogens is 450 g/mol. The summed E-state index contributed by atoms with van der Waals surface area (Å²) in [6.07, 6.45) is 6.13. The highest BCUT2D eigenvalue weighted by Gasteiger charge is 2.42. The fourth-order valence-electron chi connectivity index (χ4n) is 4.05. The van der Waals surface area contributed by atoms with Gasteiger partial charge in [-0.1, -0.05) is 51.5 Å². The summed E-state index contributed by atoms with van der Waals surface area (Å²) >= 11 is 1.56. The molecule has 2 rings (SSSR count). The van der Waals surface area contributed by atoms with E-state index in [1.165, 1.54) is 0 Å². The number of nitrogens with zero attached hydrogens (tertiary/aromatic N) is 1. The number of aromatic nitrogens is 1. The minimum absolute atomic E-state index is 0.225. The number of aliphatic hydroxyl groups excluding tert-OH is 2. The molecule has 1 aliphatic heterocycles. The van der Waals surface area contributed by atoms with Crippen molar-refractivity contribution in [1.29, 1.82) is 0 Å². The Balaban J connectivity index is 2.37. The molecule has 0 spiro atoms. The molecule has 2 heterocycles. The van der Waals surface area contributed by atoms with Crippen molar-refractivity contribution in [2.75, 3.05) is 0 Å². The number of Topliss-reactive ketones (excluding diaryl/α,β-unsaturated/α-hetero) is 1. The van der Waals surface area contributed by atoms with Crippen LogP contribution in [-0.2, 0) is 14.3 Å². The summed E-state index contributed by atoms with van der Waals surface area (Å²) in [5, 5.41) is 24.4. The summed E-state index contributed by atoms with van der Waals surface area (Å²) in [4.78, 5) is 30.4. The Morgan fingerprint density at radius 2 is 1.91 bits per heavy atom. The highest BCUT2D eigenvalue weighted by molar-refractivity contribution is 7.09. The van der Waals surface area contributed by atoms with Gasteiger partial charge in [-0.25, -0.2) is 4.98 Å². The van der Waals surface area contributed by atoms with E-state index in [0.29, 0.717) is 12.8 Å². The largest absolute Gasteiger partial charge is 0.457 e. The van der Waals surface area contributed by atoms with Crippen molar-refractivity contribution in [1.82, 2.24) is 4.98 Å². The van der Waals surface area contributed by atoms with Crippen LogP contribution in [0.3, 0.4) is 0 Å². The molecule has 2 N–H and O–H groups in total. The zero-order valence-corrected chi connectivity index (χ0v) is 22.2. The average molecular weight is 490 g/mol. The molecule has 1 aliphatic rings. The number of hydrogen-bond donors (Lipinski definition) is 2. The second kappa shape index (κ2) is 12.0. The van der Waals surface area contributed by atoms with E-state index in [1.807, 2.05) is 57.4 Å². The van der Waals surface area contributed by atoms with Gasteiger partial charge in [0.05, 0.1) is 34.7 Å². The Labute approximate surface area is 207 Å². The maximum absolute atomic E-state index is 13.1. The molecule has 1 aromatic rings. The molecular formula is C27H39NO5S. The maximum Gasteiger partial charge on any atom is 0.309 e. The number of carbonyl (C=O) groups is 2. The van der Waals surface area contributed by atoms with Gasteiger partial charge in [0.25, 0.3) is 0 Å². The minimum Gasteiger partial charge on any atom is -0.457 e. The second-order valence-corrected chi connectivity index (χ2v) is 11.1. The lowest BCUT2D eigenvalue weighted by Gasteiger charge is -2.34. The third-order valence-corrected chi connectivity index (χ3v) is 7.44. The van der Waals surface area contributed by atoms with Crippen LogP contribution >= 0.6 is 11.3 Å². The SMILES string of the molecule is C/C1=C/C[C@@H](/C(C)=C/c2csc(C)n2)OC(=O)C[C@H](O)C(C)(C)C(=O)[C@H](C)[C@@H](O)C(C)/C=C\C1. The molecule has 0 bridgehead atoms. The first-order chi connectivity index (χ1) is 15.8. The van der Waals surface area contributed by atoms with Crippen LogP contribution in [0.25, 0.3) is 6.08 Å². The molecule has 0 saturated heterocycles. The summed E-state index contributed by atoms with van der Waals surface area (Å²) in [6, 6.07) is 0. The van der Waals surface area contributed by atoms with E-state index in [0.717, 1.165) is 21.8 Å². The van der Waals surface area contributed by atoms with Crippen LogP contribution < -0.4 is 0 Å². The number of carbonyl (C=O) groups excluding carboxylic acids is 2. The molecule has 5 atom stereocenters. The minimum atomic E-state index is -1.23. The van der Waals surface area contributed by atoms with Crippen molar-refractivity contribution in [2.45, 2.75) is 86.0 Å². The van der Waals surface area contributed by atoms with Crippen molar-refractivity contribution in [3.63, 3.8) is 0 Å². The van der Waals surface area contributed by atoms with Crippen LogP contribution in [0.4, 0.5) is 0 Å². The number of thiazole rings is 1. The summed E-state index contributed by atoms with van der Waals surface area (Å²) in [5.41, 5.74) is 1.57. The third kappa shape index (κ3) is 7.45. The number of ether oxygens (including phenoxy) is 1. The van der Waals surface area contributed by atoms with Crippen LogP contribution in [0.2, 0.25) is 0 Å². The molecule has 0 aliphatic carbocycles. The quantitative estimate of drug-likeness (QED) is 0.446. The Morgan fingerprint density at radius 1 is 1.24 bits per heavy atom. The molecule has 0 aromatic carbocycles. The number of allylic oxidation sites excluding steroid dienone is 2. The molecule has 1 unspecified atom stereocenters. The van der Waals surface area contributed by atoms with Crippen molar-refractivity contribution in [3.05, 3.63) is 45.5 Å². The molecule has 7 heteroatoms. The Bertz CT molecular complexity index is 958. The zero-order chi connectivity index (χ0) is 25.6. The van der Waals surface area contributed by atoms with E-state index in [-0.39, 0.29) is 18.1 Å². The Hall–Kier alpha value is -2.09. The number of rotatable bonds is 2. The van der Waals surface area contributed by atoms with Crippen molar-refractivity contribution < 1.29 is 24.5 Å². The fourth-order valence-corrected chi connectivity index (χ4v) is 4.62. The topological polar surface area (TPSA) is 96.7 Å². The van der Waals surface area contributed by atoms with Gasteiger partial charge in [0.15, 0.2) is 0 Å². The summed E-state index contributed by atoms with van der Waals surface area (Å²) in [5.74, 6) is -1.77. The number of ketones is 1. The van der Waals surface area contributed by atoms with Gasteiger partial charge in [0.1, 0.15) is 11.9 Å². The lowest BCUT2D eigenvalue weighted by Crippen LogP contribution is -2.45. The first kappa shape index (κ1) is 28.1. The van der Waals surface area contributed by atoms with Gasteiger partial charge in [-0.2, -0.15) is 0 Å². The molecule has 0 fully saturated rings. The van der Waals surface area contributed by atoms with Crippen LogP contribution in [-0.4, -0.2) is 45.3 Å². The number of aliphatic hydroxyl groups is 2. The second-order valence-electron chi connectivity index (χ2n) is 10.0. The standard InChI is InChI=1S/C27H39NO5S/c1-16-9-8-10-17(2)25(31)19(4)26(32)27(6,7)23(29)14-24(30)33-22(12-11-16)18(3)13-21-15-34-20(5)28-21/h8,10-11,13,15,17,19,22-23,25,29,31H,9,12,14H2,1-7H3/b10-8-,16-11-,18-13+/t17?,19-,22+,23+,25+/m1/s1. The molecule has 6 nitrogen and oxygen atoms in total. The van der Waals surface area contributed by atoms with Gasteiger partial charge >= 0.3 is 5.97 Å². The predicted octanol–water partition coefficient (Wildman–Crippen LogP) is 5.04. The Morgan fingerprint density at radius 3 is 2.53 bits per heavy atom. The van der Waals surface area contributed by atoms with Crippen molar-refractivity contribution in [3.8, 4) is 0 Å². The van der Waals surface area contributed by atoms with Gasteiger partial charge in [0, 0.05) is 23.6 Å². The first-order valence-electron chi connectivity index (χ1n) is 11.9. The number of hydrogen-bond acceptors (Lipinski definition) is 7. The lowest BCUT2D eigenvalue weighted by atomic mass is 9.73. The zero-order valence-electron chi connectivity index (χ0n) is 21.4. The normalized spacial score (nSPS) is 32.6. The van der Waals surface area contributed by atoms with E-state index < -0.39 is 35.6 Å². The van der Waals surface area contributed by atoms with E-state index in [9.17, 15) is 19.8 Å².